The van der Waals surface area contributed by atoms with Gasteiger partial charge in [-0.1, -0.05) is 78.9 Å². The summed E-state index contributed by atoms with van der Waals surface area (Å²) in [4.78, 5) is 9.62. The van der Waals surface area contributed by atoms with Crippen LogP contribution in [0.3, 0.4) is 0 Å². The lowest BCUT2D eigenvalue weighted by molar-refractivity contribution is 0.613. The Balaban J connectivity index is 0.969. The van der Waals surface area contributed by atoms with Crippen molar-refractivity contribution < 1.29 is 0 Å². The quantitative estimate of drug-likeness (QED) is 0.194. The van der Waals surface area contributed by atoms with Crippen molar-refractivity contribution in [1.82, 2.24) is 0 Å². The maximum Gasteiger partial charge on any atom is 0.0449 e. The second-order valence-corrected chi connectivity index (χ2v) is 15.0. The zero-order valence-corrected chi connectivity index (χ0v) is 25.0. The number of thiophene rings is 3. The number of hydrogen-bond donors (Lipinski definition) is 0. The summed E-state index contributed by atoms with van der Waals surface area (Å²) in [5.41, 5.74) is 4.18. The van der Waals surface area contributed by atoms with Crippen LogP contribution in [-0.4, -0.2) is 5.25 Å². The normalized spacial score (nSPS) is 18.2. The predicted molar refractivity (Wildman–Crippen MR) is 181 cm³/mol. The highest BCUT2D eigenvalue weighted by Crippen LogP contribution is 2.48. The first-order valence-corrected chi connectivity index (χ1v) is 17.0. The van der Waals surface area contributed by atoms with Crippen molar-refractivity contribution in [3.8, 4) is 29.9 Å². The van der Waals surface area contributed by atoms with E-state index >= 15 is 0 Å². The van der Waals surface area contributed by atoms with Gasteiger partial charge in [-0.15, -0.1) is 45.8 Å². The molecular formula is C36H26S4. The van der Waals surface area contributed by atoms with Crippen LogP contribution in [0.4, 0.5) is 0 Å². The topological polar surface area (TPSA) is 0 Å². The Labute approximate surface area is 251 Å². The second-order valence-electron chi connectivity index (χ2n) is 10.4. The number of fused-ring (bicyclic) bond motifs is 2. The molecule has 1 aliphatic carbocycles. The van der Waals surface area contributed by atoms with Crippen molar-refractivity contribution in [3.63, 3.8) is 0 Å². The van der Waals surface area contributed by atoms with E-state index in [-0.39, 0.29) is 0 Å². The van der Waals surface area contributed by atoms with Gasteiger partial charge in [0, 0.05) is 39.4 Å². The van der Waals surface area contributed by atoms with Gasteiger partial charge in [-0.2, -0.15) is 0 Å². The van der Waals surface area contributed by atoms with Crippen LogP contribution in [0.25, 0.3) is 51.7 Å². The monoisotopic (exact) mass is 586 g/mol. The molecule has 2 unspecified atom stereocenters. The van der Waals surface area contributed by atoms with Gasteiger partial charge in [-0.05, 0) is 88.7 Å². The van der Waals surface area contributed by atoms with Gasteiger partial charge >= 0.3 is 0 Å². The highest BCUT2D eigenvalue weighted by Gasteiger charge is 2.28. The summed E-state index contributed by atoms with van der Waals surface area (Å²) in [6, 6.07) is 38.0. The van der Waals surface area contributed by atoms with Gasteiger partial charge in [0.15, 0.2) is 0 Å². The predicted octanol–water partition coefficient (Wildman–Crippen LogP) is 11.8. The number of thioether (sulfide) groups is 1. The van der Waals surface area contributed by atoms with Crippen LogP contribution in [0.1, 0.15) is 22.4 Å². The molecule has 3 aromatic carbocycles. The molecule has 2 atom stereocenters. The molecule has 6 aromatic rings. The highest BCUT2D eigenvalue weighted by molar-refractivity contribution is 8.09. The lowest BCUT2D eigenvalue weighted by Gasteiger charge is -2.24. The fourth-order valence-electron chi connectivity index (χ4n) is 5.76. The van der Waals surface area contributed by atoms with Crippen molar-refractivity contribution in [2.45, 2.75) is 18.1 Å². The lowest BCUT2D eigenvalue weighted by atomic mass is 9.87. The molecule has 2 aliphatic rings. The summed E-state index contributed by atoms with van der Waals surface area (Å²) in [6.07, 6.45) is 9.56. The van der Waals surface area contributed by atoms with Crippen molar-refractivity contribution >= 4 is 67.5 Å². The summed E-state index contributed by atoms with van der Waals surface area (Å²) >= 11 is 7.82. The molecule has 0 radical (unpaired) electrons. The minimum absolute atomic E-state index is 0.609. The molecular weight excluding hydrogens is 561 g/mol. The average Bonchev–Trinajstić information content (AvgIpc) is 3.82. The van der Waals surface area contributed by atoms with E-state index in [1.807, 2.05) is 34.0 Å². The second kappa shape index (κ2) is 10.4. The smallest absolute Gasteiger partial charge is 0.0449 e. The Kier molecular flexibility index (Phi) is 6.38. The van der Waals surface area contributed by atoms with E-state index in [0.717, 1.165) is 12.8 Å². The van der Waals surface area contributed by atoms with Crippen LogP contribution in [0.5, 0.6) is 0 Å². The molecule has 0 N–H and O–H groups in total. The average molecular weight is 587 g/mol. The minimum Gasteiger partial charge on any atom is -0.134 e. The van der Waals surface area contributed by atoms with Gasteiger partial charge < -0.3 is 0 Å². The van der Waals surface area contributed by atoms with E-state index < -0.39 is 0 Å². The zero-order chi connectivity index (χ0) is 26.5. The van der Waals surface area contributed by atoms with Gasteiger partial charge in [0.2, 0.25) is 0 Å². The maximum atomic E-state index is 2.47. The Morgan fingerprint density at radius 2 is 1.23 bits per heavy atom. The SMILES string of the molecule is C1=CC(C2CC=C(c3ccc(-c4ccc(-c5ccc(-c6ccc7ccccc7c6)s5)s4)s3)S2)Cc2ccccc21. The van der Waals surface area contributed by atoms with Crippen LogP contribution in [-0.2, 0) is 6.42 Å². The van der Waals surface area contributed by atoms with Crippen LogP contribution in [0.15, 0.2) is 115 Å². The molecule has 0 saturated heterocycles. The van der Waals surface area contributed by atoms with Crippen LogP contribution < -0.4 is 0 Å². The van der Waals surface area contributed by atoms with E-state index in [1.54, 1.807) is 0 Å². The fourth-order valence-corrected chi connectivity index (χ4v) is 10.4. The van der Waals surface area contributed by atoms with E-state index in [2.05, 4.69) is 133 Å². The molecule has 40 heavy (non-hydrogen) atoms. The van der Waals surface area contributed by atoms with Gasteiger partial charge in [-0.25, -0.2) is 0 Å². The van der Waals surface area contributed by atoms with Crippen LogP contribution >= 0.6 is 45.8 Å². The first-order valence-electron chi connectivity index (χ1n) is 13.7. The maximum absolute atomic E-state index is 2.47. The highest BCUT2D eigenvalue weighted by atomic mass is 32.2. The van der Waals surface area contributed by atoms with E-state index in [4.69, 9.17) is 0 Å². The summed E-state index contributed by atoms with van der Waals surface area (Å²) in [5.74, 6) is 0.609. The third-order valence-corrected chi connectivity index (χ3v) is 13.2. The van der Waals surface area contributed by atoms with Crippen molar-refractivity contribution in [1.29, 1.82) is 0 Å². The van der Waals surface area contributed by atoms with Gasteiger partial charge in [0.25, 0.3) is 0 Å². The standard InChI is InChI=1S/C36H26S4/c1-3-7-25-21-27(11-9-23(25)5-1)29-13-15-31(37-29)33-17-19-35(39-33)36-20-18-34(40-36)32-16-14-30(38-32)28-12-10-24-6-2-4-8-26(24)22-28/h1-13,15-21,28,30H,14,22H2. The van der Waals surface area contributed by atoms with Crippen molar-refractivity contribution in [3.05, 3.63) is 131 Å². The molecule has 0 saturated carbocycles. The molecule has 194 valence electrons. The third-order valence-electron chi connectivity index (χ3n) is 7.91. The Hall–Kier alpha value is -3.15. The fraction of sp³-hybridized carbons (Fsp3) is 0.111. The summed E-state index contributed by atoms with van der Waals surface area (Å²) in [7, 11) is 0. The lowest BCUT2D eigenvalue weighted by Crippen LogP contribution is -2.18. The molecule has 0 bridgehead atoms. The number of hydrogen-bond acceptors (Lipinski definition) is 4. The largest absolute Gasteiger partial charge is 0.134 e. The molecule has 0 spiro atoms. The number of rotatable bonds is 5. The Morgan fingerprint density at radius 3 is 2.05 bits per heavy atom. The summed E-state index contributed by atoms with van der Waals surface area (Å²) in [6.45, 7) is 0. The van der Waals surface area contributed by atoms with Crippen molar-refractivity contribution in [2.75, 3.05) is 0 Å². The third kappa shape index (κ3) is 4.63. The minimum atomic E-state index is 0.609. The number of benzene rings is 3. The van der Waals surface area contributed by atoms with Gasteiger partial charge in [-0.3, -0.25) is 0 Å². The van der Waals surface area contributed by atoms with E-state index in [9.17, 15) is 0 Å². The molecule has 0 fully saturated rings. The van der Waals surface area contributed by atoms with Crippen LogP contribution in [0, 0.1) is 5.92 Å². The summed E-state index contributed by atoms with van der Waals surface area (Å²) < 4.78 is 0. The van der Waals surface area contributed by atoms with Crippen LogP contribution in [0.2, 0.25) is 0 Å². The Bertz CT molecular complexity index is 1910. The molecule has 4 heteroatoms. The molecule has 4 heterocycles. The van der Waals surface area contributed by atoms with Crippen molar-refractivity contribution in [2.24, 2.45) is 5.92 Å². The van der Waals surface area contributed by atoms with E-state index in [1.165, 1.54) is 61.6 Å². The summed E-state index contributed by atoms with van der Waals surface area (Å²) in [5, 5.41) is 3.22. The molecule has 0 amide bonds. The zero-order valence-electron chi connectivity index (χ0n) is 21.7. The molecule has 0 nitrogen and oxygen atoms in total. The molecule has 1 aliphatic heterocycles. The molecule has 8 rings (SSSR count). The number of allylic oxidation sites excluding steroid dienone is 2. The molecule has 3 aromatic heterocycles. The first kappa shape index (κ1) is 24.6. The van der Waals surface area contributed by atoms with E-state index in [0.29, 0.717) is 11.2 Å². The first-order chi connectivity index (χ1) is 19.8. The Morgan fingerprint density at radius 1 is 0.575 bits per heavy atom. The van der Waals surface area contributed by atoms with Gasteiger partial charge in [0.1, 0.15) is 0 Å². The van der Waals surface area contributed by atoms with Gasteiger partial charge in [0.05, 0.1) is 0 Å².